The van der Waals surface area contributed by atoms with Gasteiger partial charge in [0.2, 0.25) is 5.91 Å². The molecule has 0 radical (unpaired) electrons. The number of thioether (sulfide) groups is 2. The number of carbonyl (C=O) groups excluding carboxylic acids is 2. The van der Waals surface area contributed by atoms with E-state index in [1.807, 2.05) is 61.6 Å². The van der Waals surface area contributed by atoms with E-state index in [9.17, 15) is 9.59 Å². The number of hydrogen-bond donors (Lipinski definition) is 1. The lowest BCUT2D eigenvalue weighted by Crippen LogP contribution is -2.34. The minimum absolute atomic E-state index is 0.0495. The van der Waals surface area contributed by atoms with Gasteiger partial charge in [-0.25, -0.2) is 0 Å². The van der Waals surface area contributed by atoms with E-state index in [1.165, 1.54) is 10.5 Å². The molecule has 0 aliphatic carbocycles. The van der Waals surface area contributed by atoms with E-state index in [0.717, 1.165) is 11.5 Å². The van der Waals surface area contributed by atoms with Gasteiger partial charge in [0.05, 0.1) is 24.3 Å². The van der Waals surface area contributed by atoms with E-state index in [1.54, 1.807) is 25.2 Å². The summed E-state index contributed by atoms with van der Waals surface area (Å²) in [7, 11) is 1.63. The lowest BCUT2D eigenvalue weighted by atomic mass is 10.1. The normalized spacial score (nSPS) is 13.6. The molecule has 1 aliphatic rings. The van der Waals surface area contributed by atoms with Crippen molar-refractivity contribution < 1.29 is 19.1 Å². The summed E-state index contributed by atoms with van der Waals surface area (Å²) in [6.45, 7) is 4.76. The summed E-state index contributed by atoms with van der Waals surface area (Å²) < 4.78 is 11.6. The van der Waals surface area contributed by atoms with E-state index >= 15 is 0 Å². The van der Waals surface area contributed by atoms with Gasteiger partial charge in [-0.2, -0.15) is 0 Å². The van der Waals surface area contributed by atoms with E-state index in [-0.39, 0.29) is 18.4 Å². The van der Waals surface area contributed by atoms with E-state index in [2.05, 4.69) is 5.32 Å². The molecule has 6 nitrogen and oxygen atoms in total. The lowest BCUT2D eigenvalue weighted by Gasteiger charge is -2.18. The van der Waals surface area contributed by atoms with Gasteiger partial charge in [-0.1, -0.05) is 12.1 Å². The van der Waals surface area contributed by atoms with Gasteiger partial charge in [0.1, 0.15) is 0 Å². The predicted molar refractivity (Wildman–Crippen MR) is 128 cm³/mol. The molecule has 0 atom stereocenters. The monoisotopic (exact) mass is 460 g/mol. The molecule has 0 saturated carbocycles. The zero-order chi connectivity index (χ0) is 22.2. The van der Waals surface area contributed by atoms with Gasteiger partial charge in [0, 0.05) is 35.9 Å². The molecule has 0 bridgehead atoms. The molecular weight excluding hydrogens is 432 g/mol. The van der Waals surface area contributed by atoms with Gasteiger partial charge in [0.25, 0.3) is 5.91 Å². The average molecular weight is 461 g/mol. The van der Waals surface area contributed by atoms with Crippen LogP contribution in [0.25, 0.3) is 0 Å². The van der Waals surface area contributed by atoms with Gasteiger partial charge in [-0.3, -0.25) is 9.59 Å². The Bertz CT molecular complexity index is 899. The number of nitrogens with zero attached hydrogens (tertiary/aromatic N) is 1. The van der Waals surface area contributed by atoms with Crippen LogP contribution in [0.15, 0.2) is 42.5 Å². The highest BCUT2D eigenvalue weighted by Crippen LogP contribution is 2.45. The number of amides is 2. The smallest absolute Gasteiger partial charge is 0.254 e. The Morgan fingerprint density at radius 1 is 1.00 bits per heavy atom. The van der Waals surface area contributed by atoms with Crippen molar-refractivity contribution in [1.29, 1.82) is 0 Å². The first kappa shape index (κ1) is 23.3. The molecule has 2 aromatic rings. The first-order valence-corrected chi connectivity index (χ1v) is 12.4. The van der Waals surface area contributed by atoms with Crippen LogP contribution in [-0.4, -0.2) is 55.0 Å². The number of anilines is 1. The molecule has 0 spiro atoms. The molecule has 1 heterocycles. The summed E-state index contributed by atoms with van der Waals surface area (Å²) in [6, 6.07) is 12.9. The minimum Gasteiger partial charge on any atom is -0.490 e. The first-order valence-electron chi connectivity index (χ1n) is 10.3. The number of hydrogen-bond acceptors (Lipinski definition) is 6. The highest BCUT2D eigenvalue weighted by Gasteiger charge is 2.20. The van der Waals surface area contributed by atoms with Crippen LogP contribution in [0.4, 0.5) is 5.69 Å². The van der Waals surface area contributed by atoms with Gasteiger partial charge in [-0.15, -0.1) is 23.5 Å². The lowest BCUT2D eigenvalue weighted by molar-refractivity contribution is -0.116. The molecule has 8 heteroatoms. The average Bonchev–Trinajstić information content (AvgIpc) is 3.30. The van der Waals surface area contributed by atoms with Crippen molar-refractivity contribution in [2.45, 2.75) is 18.4 Å². The quantitative estimate of drug-likeness (QED) is 0.586. The van der Waals surface area contributed by atoms with Crippen molar-refractivity contribution >= 4 is 41.0 Å². The molecule has 31 heavy (non-hydrogen) atoms. The number of likely N-dealkylation sites (N-methyl/N-ethyl adjacent to an activating group) is 1. The molecule has 1 aliphatic heterocycles. The molecular formula is C23H28N2O4S2. The number of benzene rings is 2. The Kier molecular flexibility index (Phi) is 8.54. The molecule has 1 saturated heterocycles. The molecule has 2 aromatic carbocycles. The molecule has 2 amide bonds. The van der Waals surface area contributed by atoms with Crippen LogP contribution in [0.1, 0.15) is 34.4 Å². The summed E-state index contributed by atoms with van der Waals surface area (Å²) in [4.78, 5) is 26.6. The van der Waals surface area contributed by atoms with E-state index < -0.39 is 0 Å². The molecule has 3 rings (SSSR count). The highest BCUT2D eigenvalue weighted by atomic mass is 32.2. The van der Waals surface area contributed by atoms with Gasteiger partial charge in [0.15, 0.2) is 11.5 Å². The van der Waals surface area contributed by atoms with E-state index in [4.69, 9.17) is 9.47 Å². The fourth-order valence-corrected chi connectivity index (χ4v) is 6.03. The number of carbonyl (C=O) groups is 2. The Hall–Kier alpha value is -2.32. The Morgan fingerprint density at radius 2 is 1.65 bits per heavy atom. The molecule has 0 aromatic heterocycles. The first-order chi connectivity index (χ1) is 15.0. The maximum Gasteiger partial charge on any atom is 0.254 e. The fraction of sp³-hybridized carbons (Fsp3) is 0.391. The van der Waals surface area contributed by atoms with Crippen LogP contribution in [0, 0.1) is 0 Å². The number of ether oxygens (including phenoxy) is 2. The van der Waals surface area contributed by atoms with Gasteiger partial charge < -0.3 is 19.7 Å². The van der Waals surface area contributed by atoms with Crippen LogP contribution in [0.2, 0.25) is 0 Å². The van der Waals surface area contributed by atoms with Crippen molar-refractivity contribution in [3.63, 3.8) is 0 Å². The topological polar surface area (TPSA) is 67.9 Å². The fourth-order valence-electron chi connectivity index (χ4n) is 3.17. The van der Waals surface area contributed by atoms with Crippen molar-refractivity contribution in [3.05, 3.63) is 53.6 Å². The summed E-state index contributed by atoms with van der Waals surface area (Å²) in [5, 5.41) is 2.82. The summed E-state index contributed by atoms with van der Waals surface area (Å²) in [5.41, 5.74) is 2.39. The largest absolute Gasteiger partial charge is 0.490 e. The second-order valence-corrected chi connectivity index (χ2v) is 9.66. The highest BCUT2D eigenvalue weighted by molar-refractivity contribution is 8.19. The van der Waals surface area contributed by atoms with Crippen molar-refractivity contribution in [2.75, 3.05) is 43.6 Å². The molecule has 1 N–H and O–H groups in total. The van der Waals surface area contributed by atoms with Gasteiger partial charge >= 0.3 is 0 Å². The maximum atomic E-state index is 12.7. The molecule has 1 fully saturated rings. The summed E-state index contributed by atoms with van der Waals surface area (Å²) in [6.07, 6.45) is 0. The summed E-state index contributed by atoms with van der Waals surface area (Å²) >= 11 is 3.86. The zero-order valence-electron chi connectivity index (χ0n) is 18.1. The molecule has 0 unspecified atom stereocenters. The van der Waals surface area contributed by atoms with Crippen molar-refractivity contribution in [1.82, 2.24) is 4.90 Å². The van der Waals surface area contributed by atoms with Crippen LogP contribution in [0.3, 0.4) is 0 Å². The van der Waals surface area contributed by atoms with Crippen LogP contribution < -0.4 is 14.8 Å². The third-order valence-electron chi connectivity index (χ3n) is 4.61. The molecule has 166 valence electrons. The summed E-state index contributed by atoms with van der Waals surface area (Å²) in [5.74, 6) is 3.06. The third-order valence-corrected chi connectivity index (χ3v) is 7.71. The SMILES string of the molecule is CCOc1ccc(NC(=O)CN(C)C(=O)c2ccc(C3SCCS3)cc2)cc1OCC. The van der Waals surface area contributed by atoms with Crippen molar-refractivity contribution in [3.8, 4) is 11.5 Å². The van der Waals surface area contributed by atoms with Crippen LogP contribution in [-0.2, 0) is 4.79 Å². The minimum atomic E-state index is -0.280. The van der Waals surface area contributed by atoms with Crippen LogP contribution in [0.5, 0.6) is 11.5 Å². The third kappa shape index (κ3) is 6.33. The van der Waals surface area contributed by atoms with Crippen molar-refractivity contribution in [2.24, 2.45) is 0 Å². The predicted octanol–water partition coefficient (Wildman–Crippen LogP) is 4.67. The van der Waals surface area contributed by atoms with E-state index in [0.29, 0.717) is 40.5 Å². The Balaban J connectivity index is 1.58. The Morgan fingerprint density at radius 3 is 2.29 bits per heavy atom. The number of nitrogens with one attached hydrogen (secondary N) is 1. The second-order valence-electron chi connectivity index (χ2n) is 6.93. The Labute approximate surface area is 192 Å². The zero-order valence-corrected chi connectivity index (χ0v) is 19.7. The standard InChI is InChI=1S/C23H28N2O4S2/c1-4-28-19-11-10-18(14-20(19)29-5-2)24-21(26)15-25(3)22(27)16-6-8-17(9-7-16)23-30-12-13-31-23/h6-11,14,23H,4-5,12-13,15H2,1-3H3,(H,24,26). The maximum absolute atomic E-state index is 12.7. The van der Waals surface area contributed by atoms with Crippen LogP contribution >= 0.6 is 23.5 Å². The number of rotatable bonds is 9. The second kappa shape index (κ2) is 11.3. The van der Waals surface area contributed by atoms with Gasteiger partial charge in [-0.05, 0) is 43.7 Å².